The van der Waals surface area contributed by atoms with Crippen LogP contribution in [0.1, 0.15) is 13.3 Å². The van der Waals surface area contributed by atoms with Crippen molar-refractivity contribution in [2.45, 2.75) is 18.9 Å². The molecule has 1 aromatic rings. The lowest BCUT2D eigenvalue weighted by Gasteiger charge is -2.18. The molecule has 0 aliphatic rings. The van der Waals surface area contributed by atoms with E-state index < -0.39 is 11.6 Å². The zero-order valence-corrected chi connectivity index (χ0v) is 10.6. The van der Waals surface area contributed by atoms with E-state index in [1.54, 1.807) is 12.1 Å². The molecule has 0 radical (unpaired) electrons. The molecular formula is C13H17NO5. The lowest BCUT2D eigenvalue weighted by atomic mass is 10.1. The summed E-state index contributed by atoms with van der Waals surface area (Å²) in [5.74, 6) is -1.10. The predicted octanol–water partition coefficient (Wildman–Crippen LogP) is 0.407. The molecule has 0 saturated heterocycles. The maximum absolute atomic E-state index is 11.4. The van der Waals surface area contributed by atoms with Crippen LogP contribution in [0.3, 0.4) is 0 Å². The summed E-state index contributed by atoms with van der Waals surface area (Å²) in [6.07, 6.45) is 0.0879. The summed E-state index contributed by atoms with van der Waals surface area (Å²) in [7, 11) is 0. The van der Waals surface area contributed by atoms with Gasteiger partial charge in [0.15, 0.2) is 5.60 Å². The number of carbonyl (C=O) groups excluding carboxylic acids is 1. The summed E-state index contributed by atoms with van der Waals surface area (Å²) < 4.78 is 5.32. The number of benzene rings is 1. The van der Waals surface area contributed by atoms with Gasteiger partial charge in [-0.1, -0.05) is 18.2 Å². The molecule has 104 valence electrons. The molecule has 0 fully saturated rings. The number of amides is 1. The molecule has 3 N–H and O–H groups in total. The van der Waals surface area contributed by atoms with Gasteiger partial charge in [0.05, 0.1) is 19.6 Å². The maximum atomic E-state index is 11.4. The number of aliphatic carboxylic acids is 1. The van der Waals surface area contributed by atoms with Gasteiger partial charge in [0.25, 0.3) is 0 Å². The van der Waals surface area contributed by atoms with Gasteiger partial charge in [0, 0.05) is 0 Å². The fourth-order valence-corrected chi connectivity index (χ4v) is 1.21. The zero-order valence-electron chi connectivity index (χ0n) is 10.6. The Labute approximate surface area is 111 Å². The Balaban J connectivity index is 2.24. The highest BCUT2D eigenvalue weighted by Crippen LogP contribution is 2.08. The Morgan fingerprint density at radius 1 is 1.32 bits per heavy atom. The second-order valence-electron chi connectivity index (χ2n) is 4.27. The molecule has 6 heteroatoms. The van der Waals surface area contributed by atoms with Gasteiger partial charge in [-0.15, -0.1) is 0 Å². The Hall–Kier alpha value is -2.08. The number of carboxylic acid groups (broad SMARTS) is 1. The molecular weight excluding hydrogens is 250 g/mol. The molecule has 1 unspecified atom stereocenters. The lowest BCUT2D eigenvalue weighted by Crippen LogP contribution is -2.46. The Morgan fingerprint density at radius 2 is 1.95 bits per heavy atom. The molecule has 0 aliphatic heterocycles. The third-order valence-corrected chi connectivity index (χ3v) is 2.43. The number of carboxylic acids is 1. The predicted molar refractivity (Wildman–Crippen MR) is 67.8 cm³/mol. The number of hydrogen-bond donors (Lipinski definition) is 3. The van der Waals surface area contributed by atoms with E-state index in [0.717, 1.165) is 6.92 Å². The molecule has 6 nitrogen and oxygen atoms in total. The first-order valence-electron chi connectivity index (χ1n) is 5.82. The number of carbonyl (C=O) groups is 2. The highest BCUT2D eigenvalue weighted by Gasteiger charge is 2.30. The second kappa shape index (κ2) is 6.75. The Bertz CT molecular complexity index is 430. The van der Waals surface area contributed by atoms with E-state index in [1.165, 1.54) is 0 Å². The van der Waals surface area contributed by atoms with Crippen molar-refractivity contribution >= 4 is 11.9 Å². The van der Waals surface area contributed by atoms with Crippen molar-refractivity contribution in [2.24, 2.45) is 0 Å². The van der Waals surface area contributed by atoms with Crippen LogP contribution in [-0.4, -0.2) is 40.8 Å². The molecule has 1 rings (SSSR count). The first-order chi connectivity index (χ1) is 8.92. The highest BCUT2D eigenvalue weighted by atomic mass is 16.5. The van der Waals surface area contributed by atoms with E-state index in [-0.39, 0.29) is 25.5 Å². The van der Waals surface area contributed by atoms with Crippen molar-refractivity contribution < 1.29 is 24.5 Å². The fourth-order valence-electron chi connectivity index (χ4n) is 1.21. The number of aliphatic hydroxyl groups is 1. The minimum atomic E-state index is -1.96. The number of hydrogen-bond acceptors (Lipinski definition) is 4. The van der Waals surface area contributed by atoms with Gasteiger partial charge in [-0.05, 0) is 19.1 Å². The fraction of sp³-hybridized carbons (Fsp3) is 0.385. The van der Waals surface area contributed by atoms with Crippen molar-refractivity contribution in [3.63, 3.8) is 0 Å². The summed E-state index contributed by atoms with van der Waals surface area (Å²) in [6, 6.07) is 9.03. The van der Waals surface area contributed by atoms with Crippen molar-refractivity contribution in [1.29, 1.82) is 0 Å². The average molecular weight is 267 g/mol. The van der Waals surface area contributed by atoms with Crippen LogP contribution in [0.25, 0.3) is 0 Å². The van der Waals surface area contributed by atoms with Crippen molar-refractivity contribution in [3.05, 3.63) is 30.3 Å². The molecule has 0 saturated carbocycles. The standard InChI is InChI=1S/C13H17NO5/c1-13(18,12(16)17)9-14-11(15)7-8-19-10-5-3-2-4-6-10/h2-6,18H,7-9H2,1H3,(H,14,15)(H,16,17). The third kappa shape index (κ3) is 5.39. The molecule has 1 atom stereocenters. The van der Waals surface area contributed by atoms with E-state index in [4.69, 9.17) is 9.84 Å². The molecule has 0 aliphatic carbocycles. The van der Waals surface area contributed by atoms with Crippen molar-refractivity contribution in [1.82, 2.24) is 5.32 Å². The average Bonchev–Trinajstić information content (AvgIpc) is 2.37. The summed E-state index contributed by atoms with van der Waals surface area (Å²) in [4.78, 5) is 22.0. The minimum absolute atomic E-state index is 0.0879. The van der Waals surface area contributed by atoms with Gasteiger partial charge in [0.1, 0.15) is 5.75 Å². The number of rotatable bonds is 7. The molecule has 0 spiro atoms. The van der Waals surface area contributed by atoms with Gasteiger partial charge in [-0.25, -0.2) is 4.79 Å². The van der Waals surface area contributed by atoms with Crippen LogP contribution in [0.2, 0.25) is 0 Å². The van der Waals surface area contributed by atoms with E-state index in [1.807, 2.05) is 18.2 Å². The molecule has 19 heavy (non-hydrogen) atoms. The van der Waals surface area contributed by atoms with Gasteiger partial charge in [-0.2, -0.15) is 0 Å². The summed E-state index contributed by atoms with van der Waals surface area (Å²) >= 11 is 0. The molecule has 0 aromatic heterocycles. The SMILES string of the molecule is CC(O)(CNC(=O)CCOc1ccccc1)C(=O)O. The van der Waals surface area contributed by atoms with Gasteiger partial charge >= 0.3 is 5.97 Å². The van der Waals surface area contributed by atoms with Crippen LogP contribution in [0, 0.1) is 0 Å². The molecule has 1 amide bonds. The first-order valence-corrected chi connectivity index (χ1v) is 5.82. The monoisotopic (exact) mass is 267 g/mol. The normalized spacial score (nSPS) is 13.4. The van der Waals surface area contributed by atoms with E-state index in [2.05, 4.69) is 5.32 Å². The highest BCUT2D eigenvalue weighted by molar-refractivity contribution is 5.80. The van der Waals surface area contributed by atoms with E-state index in [9.17, 15) is 14.7 Å². The second-order valence-corrected chi connectivity index (χ2v) is 4.27. The van der Waals surface area contributed by atoms with Gasteiger partial charge < -0.3 is 20.3 Å². The first kappa shape index (κ1) is 15.0. The largest absolute Gasteiger partial charge is 0.493 e. The summed E-state index contributed by atoms with van der Waals surface area (Å²) in [5, 5.41) is 20.4. The van der Waals surface area contributed by atoms with Crippen LogP contribution >= 0.6 is 0 Å². The van der Waals surface area contributed by atoms with Crippen LogP contribution in [0.5, 0.6) is 5.75 Å². The maximum Gasteiger partial charge on any atom is 0.337 e. The minimum Gasteiger partial charge on any atom is -0.493 e. The number of ether oxygens (including phenoxy) is 1. The number of nitrogens with one attached hydrogen (secondary N) is 1. The smallest absolute Gasteiger partial charge is 0.337 e. The van der Waals surface area contributed by atoms with Crippen LogP contribution < -0.4 is 10.1 Å². The third-order valence-electron chi connectivity index (χ3n) is 2.43. The zero-order chi connectivity index (χ0) is 14.3. The topological polar surface area (TPSA) is 95.9 Å². The van der Waals surface area contributed by atoms with Crippen LogP contribution in [0.15, 0.2) is 30.3 Å². The Kier molecular flexibility index (Phi) is 5.32. The molecule has 0 heterocycles. The number of para-hydroxylation sites is 1. The lowest BCUT2D eigenvalue weighted by molar-refractivity contribution is -0.156. The molecule has 1 aromatic carbocycles. The van der Waals surface area contributed by atoms with Crippen LogP contribution in [-0.2, 0) is 9.59 Å². The van der Waals surface area contributed by atoms with Crippen molar-refractivity contribution in [3.8, 4) is 5.75 Å². The van der Waals surface area contributed by atoms with Gasteiger partial charge in [0.2, 0.25) is 5.91 Å². The van der Waals surface area contributed by atoms with E-state index >= 15 is 0 Å². The summed E-state index contributed by atoms with van der Waals surface area (Å²) in [5.41, 5.74) is -1.96. The quantitative estimate of drug-likeness (QED) is 0.665. The summed E-state index contributed by atoms with van der Waals surface area (Å²) in [6.45, 7) is 0.966. The van der Waals surface area contributed by atoms with Crippen LogP contribution in [0.4, 0.5) is 0 Å². The van der Waals surface area contributed by atoms with E-state index in [0.29, 0.717) is 5.75 Å². The Morgan fingerprint density at radius 3 is 2.53 bits per heavy atom. The van der Waals surface area contributed by atoms with Crippen molar-refractivity contribution in [2.75, 3.05) is 13.2 Å². The molecule has 0 bridgehead atoms. The van der Waals surface area contributed by atoms with Gasteiger partial charge in [-0.3, -0.25) is 4.79 Å².